The zero-order valence-electron chi connectivity index (χ0n) is 20.8. The first kappa shape index (κ1) is 23.1. The minimum Gasteiger partial charge on any atom is -0.472 e. The van der Waals surface area contributed by atoms with E-state index in [1.54, 1.807) is 24.7 Å². The Morgan fingerprint density at radius 3 is 2.50 bits per heavy atom. The van der Waals surface area contributed by atoms with Gasteiger partial charge in [-0.3, -0.25) is 9.59 Å². The monoisotopic (exact) mass is 466 g/mol. The minimum atomic E-state index is -0.591. The van der Waals surface area contributed by atoms with Gasteiger partial charge in [-0.05, 0) is 54.2 Å². The van der Waals surface area contributed by atoms with E-state index in [2.05, 4.69) is 26.8 Å². The fourth-order valence-corrected chi connectivity index (χ4v) is 8.16. The molecule has 4 aliphatic rings. The van der Waals surface area contributed by atoms with Crippen molar-refractivity contribution in [1.82, 2.24) is 0 Å². The van der Waals surface area contributed by atoms with Crippen LogP contribution in [0.2, 0.25) is 0 Å². The highest BCUT2D eigenvalue weighted by Crippen LogP contribution is 2.71. The largest absolute Gasteiger partial charge is 0.472 e. The summed E-state index contributed by atoms with van der Waals surface area (Å²) in [5.41, 5.74) is -0.0920. The molecule has 2 fully saturated rings. The molecule has 1 aromatic rings. The first-order valence-corrected chi connectivity index (χ1v) is 12.2. The fourth-order valence-electron chi connectivity index (χ4n) is 8.16. The number of fused-ring (bicyclic) bond motifs is 5. The lowest BCUT2D eigenvalue weighted by Crippen LogP contribution is -2.65. The number of allylic oxidation sites excluding steroid dienone is 2. The van der Waals surface area contributed by atoms with Gasteiger partial charge in [-0.1, -0.05) is 40.7 Å². The first-order chi connectivity index (χ1) is 15.8. The van der Waals surface area contributed by atoms with E-state index in [4.69, 9.17) is 13.9 Å². The molecule has 182 valence electrons. The Bertz CT molecular complexity index is 1110. The molecule has 2 saturated carbocycles. The van der Waals surface area contributed by atoms with E-state index in [-0.39, 0.29) is 35.0 Å². The smallest absolute Gasteiger partial charge is 0.331 e. The molecule has 0 amide bonds. The molecule has 34 heavy (non-hydrogen) atoms. The molecule has 0 saturated heterocycles. The van der Waals surface area contributed by atoms with E-state index < -0.39 is 28.5 Å². The lowest BCUT2D eigenvalue weighted by Gasteiger charge is -2.67. The molecule has 7 atom stereocenters. The van der Waals surface area contributed by atoms with Gasteiger partial charge in [-0.25, -0.2) is 4.79 Å². The number of hydrogen-bond acceptors (Lipinski definition) is 6. The van der Waals surface area contributed by atoms with Crippen LogP contribution in [0.5, 0.6) is 0 Å². The summed E-state index contributed by atoms with van der Waals surface area (Å²) in [6.45, 7) is 12.0. The Balaban J connectivity index is 1.70. The summed E-state index contributed by atoms with van der Waals surface area (Å²) in [5, 5.41) is 0. The quantitative estimate of drug-likeness (QED) is 0.547. The molecule has 5 rings (SSSR count). The zero-order chi connectivity index (χ0) is 24.7. The van der Waals surface area contributed by atoms with Crippen LogP contribution < -0.4 is 0 Å². The SMILES string of the molecule is CC(=O)O[C@H]1C[C@H]2C(C)(C)C(=O)C=C[C@]2(C)[C@@H]2CC[C@]3(C)C(=CC(=O)O[C@H]3c3ccoc3)[C@]12C. The Kier molecular flexibility index (Phi) is 4.89. The van der Waals surface area contributed by atoms with Crippen molar-refractivity contribution in [2.75, 3.05) is 0 Å². The van der Waals surface area contributed by atoms with Crippen molar-refractivity contribution in [3.8, 4) is 0 Å². The Hall–Kier alpha value is -2.63. The molecule has 1 aromatic heterocycles. The zero-order valence-corrected chi connectivity index (χ0v) is 20.8. The van der Waals surface area contributed by atoms with Gasteiger partial charge in [0.05, 0.1) is 12.5 Å². The molecule has 0 unspecified atom stereocenters. The highest BCUT2D eigenvalue weighted by Gasteiger charge is 2.69. The number of carbonyl (C=O) groups excluding carboxylic acids is 3. The van der Waals surface area contributed by atoms with Crippen molar-refractivity contribution >= 4 is 17.7 Å². The van der Waals surface area contributed by atoms with Crippen LogP contribution >= 0.6 is 0 Å². The predicted octanol–water partition coefficient (Wildman–Crippen LogP) is 5.35. The second-order valence-corrected chi connectivity index (χ2v) is 11.9. The summed E-state index contributed by atoms with van der Waals surface area (Å²) in [4.78, 5) is 38.1. The second-order valence-electron chi connectivity index (χ2n) is 11.9. The maximum Gasteiger partial charge on any atom is 0.331 e. The van der Waals surface area contributed by atoms with Crippen molar-refractivity contribution in [3.05, 3.63) is 48.0 Å². The minimum absolute atomic E-state index is 0.0186. The van der Waals surface area contributed by atoms with Crippen LogP contribution in [0.4, 0.5) is 0 Å². The number of ketones is 1. The van der Waals surface area contributed by atoms with Crippen molar-refractivity contribution in [3.63, 3.8) is 0 Å². The molecule has 0 radical (unpaired) electrons. The average molecular weight is 467 g/mol. The van der Waals surface area contributed by atoms with Crippen LogP contribution in [-0.2, 0) is 23.9 Å². The molecule has 6 nitrogen and oxygen atoms in total. The van der Waals surface area contributed by atoms with Crippen molar-refractivity contribution in [2.45, 2.75) is 73.0 Å². The number of rotatable bonds is 2. The van der Waals surface area contributed by atoms with Crippen molar-refractivity contribution in [1.29, 1.82) is 0 Å². The van der Waals surface area contributed by atoms with Crippen molar-refractivity contribution < 1.29 is 28.3 Å². The van der Waals surface area contributed by atoms with Gasteiger partial charge in [0, 0.05) is 34.8 Å². The lowest BCUT2D eigenvalue weighted by molar-refractivity contribution is -0.195. The molecule has 0 aromatic carbocycles. The van der Waals surface area contributed by atoms with Crippen LogP contribution in [0.1, 0.15) is 72.5 Å². The van der Waals surface area contributed by atoms with E-state index in [1.807, 2.05) is 19.9 Å². The van der Waals surface area contributed by atoms with Crippen LogP contribution in [0.15, 0.2) is 46.8 Å². The number of ether oxygens (including phenoxy) is 2. The van der Waals surface area contributed by atoms with Gasteiger partial charge >= 0.3 is 11.9 Å². The second kappa shape index (κ2) is 7.19. The third-order valence-electron chi connectivity index (χ3n) is 9.82. The number of furan rings is 1. The van der Waals surface area contributed by atoms with E-state index >= 15 is 0 Å². The summed E-state index contributed by atoms with van der Waals surface area (Å²) >= 11 is 0. The van der Waals surface area contributed by atoms with E-state index in [9.17, 15) is 14.4 Å². The van der Waals surface area contributed by atoms with E-state index in [0.717, 1.165) is 24.0 Å². The molecule has 0 spiro atoms. The normalized spacial score (nSPS) is 42.6. The lowest BCUT2D eigenvalue weighted by atomic mass is 9.38. The third-order valence-corrected chi connectivity index (χ3v) is 9.82. The van der Waals surface area contributed by atoms with Gasteiger partial charge in [-0.15, -0.1) is 0 Å². The molecule has 2 heterocycles. The van der Waals surface area contributed by atoms with Gasteiger partial charge in [0.15, 0.2) is 5.78 Å². The van der Waals surface area contributed by atoms with E-state index in [0.29, 0.717) is 6.42 Å². The van der Waals surface area contributed by atoms with Gasteiger partial charge in [0.2, 0.25) is 0 Å². The third kappa shape index (κ3) is 2.89. The van der Waals surface area contributed by atoms with Crippen LogP contribution in [-0.4, -0.2) is 23.8 Å². The molecular weight excluding hydrogens is 432 g/mol. The molecule has 1 aliphatic heterocycles. The Labute approximate surface area is 200 Å². The highest BCUT2D eigenvalue weighted by molar-refractivity contribution is 5.96. The first-order valence-electron chi connectivity index (χ1n) is 12.2. The summed E-state index contributed by atoms with van der Waals surface area (Å²) < 4.78 is 17.3. The maximum atomic E-state index is 12.9. The summed E-state index contributed by atoms with van der Waals surface area (Å²) in [6, 6.07) is 1.85. The molecule has 0 bridgehead atoms. The van der Waals surface area contributed by atoms with Gasteiger partial charge in [-0.2, -0.15) is 0 Å². The fraction of sp³-hybridized carbons (Fsp3) is 0.607. The van der Waals surface area contributed by atoms with Crippen LogP contribution in [0.25, 0.3) is 0 Å². The molecule has 0 N–H and O–H groups in total. The predicted molar refractivity (Wildman–Crippen MR) is 124 cm³/mol. The standard InChI is InChI=1S/C28H34O6/c1-16(29)33-22-13-19-25(2,3)21(30)8-11-26(19,4)18-7-10-27(5)20(28(18,22)6)14-23(31)34-24(27)17-9-12-32-15-17/h8-9,11-12,14-15,18-19,22,24H,7,10,13H2,1-6H3/t18-,19-,22-,24-,26+,27+,28+/m0/s1. The molecule has 3 aliphatic carbocycles. The Morgan fingerprint density at radius 1 is 1.12 bits per heavy atom. The topological polar surface area (TPSA) is 82.8 Å². The van der Waals surface area contributed by atoms with Gasteiger partial charge in [0.1, 0.15) is 12.2 Å². The number of esters is 2. The molecular formula is C28H34O6. The van der Waals surface area contributed by atoms with Crippen LogP contribution in [0.3, 0.4) is 0 Å². The highest BCUT2D eigenvalue weighted by atomic mass is 16.6. The average Bonchev–Trinajstić information content (AvgIpc) is 3.28. The Morgan fingerprint density at radius 2 is 1.85 bits per heavy atom. The number of hydrogen-bond donors (Lipinski definition) is 0. The van der Waals surface area contributed by atoms with E-state index in [1.165, 1.54) is 6.92 Å². The number of carbonyl (C=O) groups is 3. The summed E-state index contributed by atoms with van der Waals surface area (Å²) in [6.07, 6.45) is 10.0. The van der Waals surface area contributed by atoms with Gasteiger partial charge < -0.3 is 13.9 Å². The summed E-state index contributed by atoms with van der Waals surface area (Å²) in [7, 11) is 0. The molecule has 6 heteroatoms. The van der Waals surface area contributed by atoms with Gasteiger partial charge in [0.25, 0.3) is 0 Å². The van der Waals surface area contributed by atoms with Crippen molar-refractivity contribution in [2.24, 2.45) is 33.5 Å². The summed E-state index contributed by atoms with van der Waals surface area (Å²) in [5.74, 6) is -0.515. The maximum absolute atomic E-state index is 12.9. The number of cyclic esters (lactones) is 1. The van der Waals surface area contributed by atoms with Crippen LogP contribution in [0, 0.1) is 33.5 Å².